The van der Waals surface area contributed by atoms with Gasteiger partial charge in [0.05, 0.1) is 37.1 Å². The molecule has 2 saturated heterocycles. The van der Waals surface area contributed by atoms with Crippen molar-refractivity contribution in [2.24, 2.45) is 17.3 Å². The molecule has 0 unspecified atom stereocenters. The second kappa shape index (κ2) is 5.61. The van der Waals surface area contributed by atoms with Crippen molar-refractivity contribution in [2.75, 3.05) is 39.5 Å². The Labute approximate surface area is 130 Å². The predicted molar refractivity (Wildman–Crippen MR) is 82.4 cm³/mol. The lowest BCUT2D eigenvalue weighted by molar-refractivity contribution is 0.0175. The molecule has 0 spiro atoms. The highest BCUT2D eigenvalue weighted by Crippen LogP contribution is 2.43. The summed E-state index contributed by atoms with van der Waals surface area (Å²) < 4.78 is 11.8. The van der Waals surface area contributed by atoms with Gasteiger partial charge in [0, 0.05) is 36.3 Å². The van der Waals surface area contributed by atoms with Crippen molar-refractivity contribution in [3.63, 3.8) is 0 Å². The minimum Gasteiger partial charge on any atom is -0.380 e. The fourth-order valence-electron chi connectivity index (χ4n) is 3.78. The lowest BCUT2D eigenvalue weighted by Gasteiger charge is -2.27. The zero-order valence-electron chi connectivity index (χ0n) is 12.7. The van der Waals surface area contributed by atoms with Gasteiger partial charge in [0.2, 0.25) is 0 Å². The fourth-order valence-corrected chi connectivity index (χ4v) is 4.38. The SMILES string of the molecule is Cc1nc(COC[C@]23COC[C@H]2CN(CC2CC2)C3)cs1. The molecule has 2 atom stereocenters. The van der Waals surface area contributed by atoms with Crippen LogP contribution in [0.3, 0.4) is 0 Å². The Hall–Kier alpha value is -0.490. The van der Waals surface area contributed by atoms with Crippen LogP contribution in [0, 0.1) is 24.2 Å². The fraction of sp³-hybridized carbons (Fsp3) is 0.812. The van der Waals surface area contributed by atoms with Gasteiger partial charge >= 0.3 is 0 Å². The monoisotopic (exact) mass is 308 g/mol. The van der Waals surface area contributed by atoms with E-state index in [9.17, 15) is 0 Å². The van der Waals surface area contributed by atoms with E-state index in [1.54, 1.807) is 11.3 Å². The van der Waals surface area contributed by atoms with E-state index in [-0.39, 0.29) is 5.41 Å². The predicted octanol–water partition coefficient (Wildman–Crippen LogP) is 2.33. The van der Waals surface area contributed by atoms with E-state index in [0.29, 0.717) is 12.5 Å². The van der Waals surface area contributed by atoms with E-state index in [2.05, 4.69) is 15.3 Å². The molecule has 3 fully saturated rings. The molecular weight excluding hydrogens is 284 g/mol. The average molecular weight is 308 g/mol. The first-order chi connectivity index (χ1) is 10.2. The Kier molecular flexibility index (Phi) is 3.78. The largest absolute Gasteiger partial charge is 0.380 e. The van der Waals surface area contributed by atoms with Gasteiger partial charge in [-0.05, 0) is 25.7 Å². The van der Waals surface area contributed by atoms with Crippen LogP contribution in [-0.4, -0.2) is 49.3 Å². The van der Waals surface area contributed by atoms with E-state index < -0.39 is 0 Å². The van der Waals surface area contributed by atoms with Crippen LogP contribution in [0.5, 0.6) is 0 Å². The van der Waals surface area contributed by atoms with Crippen LogP contribution in [0.15, 0.2) is 5.38 Å². The summed E-state index contributed by atoms with van der Waals surface area (Å²) in [5.41, 5.74) is 1.30. The van der Waals surface area contributed by atoms with E-state index in [4.69, 9.17) is 9.47 Å². The lowest BCUT2D eigenvalue weighted by Crippen LogP contribution is -2.36. The van der Waals surface area contributed by atoms with Crippen molar-refractivity contribution in [1.82, 2.24) is 9.88 Å². The van der Waals surface area contributed by atoms with Gasteiger partial charge in [-0.3, -0.25) is 0 Å². The number of aryl methyl sites for hydroxylation is 1. The summed E-state index contributed by atoms with van der Waals surface area (Å²) in [6, 6.07) is 0. The van der Waals surface area contributed by atoms with Crippen LogP contribution in [0.2, 0.25) is 0 Å². The molecule has 1 aromatic heterocycles. The third-order valence-electron chi connectivity index (χ3n) is 5.11. The Balaban J connectivity index is 1.33. The van der Waals surface area contributed by atoms with E-state index in [1.165, 1.54) is 25.9 Å². The second-order valence-electron chi connectivity index (χ2n) is 7.06. The normalized spacial score (nSPS) is 32.7. The molecule has 5 heteroatoms. The molecule has 0 N–H and O–H groups in total. The summed E-state index contributed by atoms with van der Waals surface area (Å²) >= 11 is 1.69. The Morgan fingerprint density at radius 1 is 1.52 bits per heavy atom. The first kappa shape index (κ1) is 14.1. The van der Waals surface area contributed by atoms with Gasteiger partial charge in [0.25, 0.3) is 0 Å². The van der Waals surface area contributed by atoms with Crippen LogP contribution >= 0.6 is 11.3 Å². The van der Waals surface area contributed by atoms with Gasteiger partial charge in [-0.1, -0.05) is 0 Å². The number of thiazole rings is 1. The van der Waals surface area contributed by atoms with Gasteiger partial charge in [0.15, 0.2) is 0 Å². The molecule has 1 aliphatic carbocycles. The third-order valence-corrected chi connectivity index (χ3v) is 5.93. The molecule has 116 valence electrons. The van der Waals surface area contributed by atoms with Crippen molar-refractivity contribution >= 4 is 11.3 Å². The highest BCUT2D eigenvalue weighted by atomic mass is 32.1. The van der Waals surface area contributed by atoms with E-state index >= 15 is 0 Å². The second-order valence-corrected chi connectivity index (χ2v) is 8.12. The molecule has 0 radical (unpaired) electrons. The highest BCUT2D eigenvalue weighted by Gasteiger charge is 2.51. The molecule has 3 heterocycles. The number of fused-ring (bicyclic) bond motifs is 1. The molecule has 3 aliphatic rings. The molecule has 4 nitrogen and oxygen atoms in total. The molecule has 21 heavy (non-hydrogen) atoms. The standard InChI is InChI=1S/C16H24N2O2S/c1-12-17-15(8-21-12)7-20-11-16-9-18(4-13-2-3-13)5-14(16)6-19-10-16/h8,13-14H,2-7,9-11H2,1H3/t14-,16+/m1/s1. The summed E-state index contributed by atoms with van der Waals surface area (Å²) in [7, 11) is 0. The topological polar surface area (TPSA) is 34.6 Å². The number of ether oxygens (including phenoxy) is 2. The van der Waals surface area contributed by atoms with Gasteiger partial charge in [0.1, 0.15) is 0 Å². The number of nitrogens with zero attached hydrogens (tertiary/aromatic N) is 2. The number of hydrogen-bond donors (Lipinski definition) is 0. The minimum atomic E-state index is 0.236. The van der Waals surface area contributed by atoms with Crippen LogP contribution in [0.25, 0.3) is 0 Å². The molecule has 1 aromatic rings. The number of aromatic nitrogens is 1. The van der Waals surface area contributed by atoms with Crippen molar-refractivity contribution in [3.8, 4) is 0 Å². The Bertz CT molecular complexity index is 502. The molecule has 2 aliphatic heterocycles. The number of likely N-dealkylation sites (tertiary alicyclic amines) is 1. The summed E-state index contributed by atoms with van der Waals surface area (Å²) in [6.45, 7) is 8.94. The molecule has 0 aromatic carbocycles. The first-order valence-electron chi connectivity index (χ1n) is 8.02. The van der Waals surface area contributed by atoms with Gasteiger partial charge in [-0.25, -0.2) is 4.98 Å². The van der Waals surface area contributed by atoms with Crippen molar-refractivity contribution < 1.29 is 9.47 Å². The van der Waals surface area contributed by atoms with Gasteiger partial charge in [-0.15, -0.1) is 11.3 Å². The third kappa shape index (κ3) is 3.02. The van der Waals surface area contributed by atoms with Crippen molar-refractivity contribution in [2.45, 2.75) is 26.4 Å². The summed E-state index contributed by atoms with van der Waals surface area (Å²) in [6.07, 6.45) is 2.87. The zero-order valence-corrected chi connectivity index (χ0v) is 13.5. The Morgan fingerprint density at radius 3 is 3.19 bits per heavy atom. The van der Waals surface area contributed by atoms with Gasteiger partial charge < -0.3 is 14.4 Å². The van der Waals surface area contributed by atoms with Crippen LogP contribution in [-0.2, 0) is 16.1 Å². The molecule has 0 amide bonds. The van der Waals surface area contributed by atoms with Crippen LogP contribution < -0.4 is 0 Å². The molecular formula is C16H24N2O2S. The lowest BCUT2D eigenvalue weighted by atomic mass is 9.82. The maximum Gasteiger partial charge on any atom is 0.0898 e. The summed E-state index contributed by atoms with van der Waals surface area (Å²) in [4.78, 5) is 7.13. The van der Waals surface area contributed by atoms with Crippen molar-refractivity contribution in [3.05, 3.63) is 16.1 Å². The minimum absolute atomic E-state index is 0.236. The number of hydrogen-bond acceptors (Lipinski definition) is 5. The zero-order chi connectivity index (χ0) is 14.3. The summed E-state index contributed by atoms with van der Waals surface area (Å²) in [5, 5.41) is 3.22. The first-order valence-corrected chi connectivity index (χ1v) is 8.90. The van der Waals surface area contributed by atoms with Gasteiger partial charge in [-0.2, -0.15) is 0 Å². The van der Waals surface area contributed by atoms with Crippen LogP contribution in [0.1, 0.15) is 23.5 Å². The molecule has 0 bridgehead atoms. The van der Waals surface area contributed by atoms with E-state index in [1.807, 2.05) is 6.92 Å². The maximum atomic E-state index is 6.03. The quantitative estimate of drug-likeness (QED) is 0.808. The molecule has 1 saturated carbocycles. The highest BCUT2D eigenvalue weighted by molar-refractivity contribution is 7.09. The van der Waals surface area contributed by atoms with E-state index in [0.717, 1.165) is 43.0 Å². The smallest absolute Gasteiger partial charge is 0.0898 e. The summed E-state index contributed by atoms with van der Waals surface area (Å²) in [5.74, 6) is 1.63. The van der Waals surface area contributed by atoms with Crippen LogP contribution in [0.4, 0.5) is 0 Å². The molecule has 4 rings (SSSR count). The number of rotatable bonds is 6. The maximum absolute atomic E-state index is 6.03. The average Bonchev–Trinajstić information content (AvgIpc) is 2.87. The van der Waals surface area contributed by atoms with Crippen molar-refractivity contribution in [1.29, 1.82) is 0 Å². The Morgan fingerprint density at radius 2 is 2.43 bits per heavy atom.